The van der Waals surface area contributed by atoms with Crippen LogP contribution in [0.2, 0.25) is 0 Å². The Morgan fingerprint density at radius 3 is 2.61 bits per heavy atom. The van der Waals surface area contributed by atoms with Gasteiger partial charge in [-0.1, -0.05) is 0 Å². The van der Waals surface area contributed by atoms with Crippen molar-refractivity contribution in [2.24, 2.45) is 0 Å². The topological polar surface area (TPSA) is 95.3 Å². The Kier molecular flexibility index (Phi) is 5.69. The summed E-state index contributed by atoms with van der Waals surface area (Å²) in [6, 6.07) is 3.09. The lowest BCUT2D eigenvalue weighted by Gasteiger charge is -2.42. The van der Waals surface area contributed by atoms with Crippen LogP contribution in [0.4, 0.5) is 31.2 Å². The summed E-state index contributed by atoms with van der Waals surface area (Å²) in [6.07, 6.45) is 7.40. The number of carbonyl (C=O) groups excluding carboxylic acids is 2. The summed E-state index contributed by atoms with van der Waals surface area (Å²) in [5.74, 6) is 0.111. The van der Waals surface area contributed by atoms with Crippen molar-refractivity contribution in [2.75, 3.05) is 34.8 Å². The minimum atomic E-state index is -0.529. The fraction of sp³-hybridized carbons (Fsp3) is 0.481. The molecule has 3 aliphatic heterocycles. The molecule has 38 heavy (non-hydrogen) atoms. The zero-order valence-corrected chi connectivity index (χ0v) is 22.1. The van der Waals surface area contributed by atoms with E-state index in [0.29, 0.717) is 43.3 Å². The Morgan fingerprint density at radius 1 is 1.16 bits per heavy atom. The number of nitrogens with one attached hydrogen (secondary N) is 1. The van der Waals surface area contributed by atoms with Crippen LogP contribution in [-0.4, -0.2) is 68.7 Å². The SMILES string of the molecule is Cc1cn2cc(NC(=O)N3CCc4c(N5CC6CCC(C5)N6C(=O)OC(C)(C)C)ccnc43)cc(F)c2n1. The summed E-state index contributed by atoms with van der Waals surface area (Å²) in [5.41, 5.74) is 2.79. The highest BCUT2D eigenvalue weighted by atomic mass is 19.1. The average Bonchev–Trinajstić information content (AvgIpc) is 3.51. The normalized spacial score (nSPS) is 20.7. The smallest absolute Gasteiger partial charge is 0.410 e. The number of ether oxygens (including phenoxy) is 1. The van der Waals surface area contributed by atoms with Crippen molar-refractivity contribution in [3.63, 3.8) is 0 Å². The molecule has 0 aliphatic carbocycles. The highest BCUT2D eigenvalue weighted by molar-refractivity contribution is 6.03. The van der Waals surface area contributed by atoms with Crippen LogP contribution in [0.5, 0.6) is 0 Å². The van der Waals surface area contributed by atoms with E-state index in [-0.39, 0.29) is 29.9 Å². The number of urea groups is 1. The summed E-state index contributed by atoms with van der Waals surface area (Å²) in [7, 11) is 0. The van der Waals surface area contributed by atoms with Gasteiger partial charge in [-0.25, -0.2) is 23.9 Å². The minimum Gasteiger partial charge on any atom is -0.444 e. The first-order chi connectivity index (χ1) is 18.1. The summed E-state index contributed by atoms with van der Waals surface area (Å²) < 4.78 is 21.8. The van der Waals surface area contributed by atoms with Gasteiger partial charge in [0.25, 0.3) is 0 Å². The molecule has 2 bridgehead atoms. The summed E-state index contributed by atoms with van der Waals surface area (Å²) in [5, 5.41) is 2.81. The number of hydrogen-bond acceptors (Lipinski definition) is 6. The second-order valence-corrected chi connectivity index (χ2v) is 11.3. The van der Waals surface area contributed by atoms with E-state index in [2.05, 4.69) is 20.2 Å². The lowest BCUT2D eigenvalue weighted by atomic mass is 10.1. The van der Waals surface area contributed by atoms with E-state index in [1.165, 1.54) is 6.07 Å². The van der Waals surface area contributed by atoms with Crippen molar-refractivity contribution < 1.29 is 18.7 Å². The van der Waals surface area contributed by atoms with Gasteiger partial charge in [-0.05, 0) is 53.0 Å². The molecule has 2 unspecified atom stereocenters. The van der Waals surface area contributed by atoms with Gasteiger partial charge in [-0.15, -0.1) is 0 Å². The number of carbonyl (C=O) groups is 2. The lowest BCUT2D eigenvalue weighted by molar-refractivity contribution is 0.0123. The maximum absolute atomic E-state index is 14.5. The van der Waals surface area contributed by atoms with Gasteiger partial charge in [0, 0.05) is 55.5 Å². The van der Waals surface area contributed by atoms with E-state index in [4.69, 9.17) is 4.74 Å². The first kappa shape index (κ1) is 24.4. The van der Waals surface area contributed by atoms with Gasteiger partial charge in [0.1, 0.15) is 11.4 Å². The number of fused-ring (bicyclic) bond motifs is 4. The monoisotopic (exact) mass is 521 g/mol. The fourth-order valence-corrected chi connectivity index (χ4v) is 5.92. The number of amides is 3. The summed E-state index contributed by atoms with van der Waals surface area (Å²) >= 11 is 0. The standard InChI is InChI=1S/C27H32FN7O3/c1-16-12-33-13-17(11-21(28)24(33)30-16)31-25(36)34-10-8-20-22(7-9-29-23(20)34)32-14-18-5-6-19(15-32)35(18)26(37)38-27(2,3)4/h7,9,11-13,18-19H,5-6,8,10,14-15H2,1-4H3,(H,31,36). The maximum Gasteiger partial charge on any atom is 0.410 e. The quantitative estimate of drug-likeness (QED) is 0.539. The third-order valence-corrected chi connectivity index (χ3v) is 7.40. The molecule has 11 heteroatoms. The molecule has 0 aromatic carbocycles. The number of imidazole rings is 1. The molecule has 6 rings (SSSR count). The molecule has 200 valence electrons. The Balaban J connectivity index is 1.19. The molecular weight excluding hydrogens is 489 g/mol. The molecule has 3 amide bonds. The van der Waals surface area contributed by atoms with E-state index >= 15 is 0 Å². The third kappa shape index (κ3) is 4.29. The Bertz CT molecular complexity index is 1420. The van der Waals surface area contributed by atoms with E-state index in [0.717, 1.165) is 24.1 Å². The number of halogens is 1. The van der Waals surface area contributed by atoms with Gasteiger partial charge in [0.05, 0.1) is 23.5 Å². The van der Waals surface area contributed by atoms with Gasteiger partial charge in [-0.3, -0.25) is 9.80 Å². The fourth-order valence-electron chi connectivity index (χ4n) is 5.92. The number of anilines is 3. The lowest BCUT2D eigenvalue weighted by Crippen LogP contribution is -2.57. The van der Waals surface area contributed by atoms with E-state index in [1.54, 1.807) is 34.8 Å². The highest BCUT2D eigenvalue weighted by Crippen LogP contribution is 2.39. The molecule has 1 N–H and O–H groups in total. The second kappa shape index (κ2) is 8.85. The zero-order chi connectivity index (χ0) is 26.8. The summed E-state index contributed by atoms with van der Waals surface area (Å²) in [4.78, 5) is 40.6. The maximum atomic E-state index is 14.5. The molecule has 0 radical (unpaired) electrons. The number of hydrogen-bond donors (Lipinski definition) is 1. The van der Waals surface area contributed by atoms with Crippen molar-refractivity contribution >= 4 is 35.0 Å². The Hall–Kier alpha value is -3.89. The number of aromatic nitrogens is 3. The van der Waals surface area contributed by atoms with Gasteiger partial charge in [0.15, 0.2) is 11.5 Å². The van der Waals surface area contributed by atoms with Crippen LogP contribution in [0.1, 0.15) is 44.9 Å². The molecule has 3 aromatic heterocycles. The number of pyridine rings is 2. The van der Waals surface area contributed by atoms with Gasteiger partial charge in [-0.2, -0.15) is 0 Å². The van der Waals surface area contributed by atoms with Crippen molar-refractivity contribution in [3.05, 3.63) is 47.8 Å². The number of rotatable bonds is 2. The largest absolute Gasteiger partial charge is 0.444 e. The van der Waals surface area contributed by atoms with E-state index < -0.39 is 11.4 Å². The number of nitrogens with zero attached hydrogens (tertiary/aromatic N) is 6. The molecule has 2 atom stereocenters. The highest BCUT2D eigenvalue weighted by Gasteiger charge is 2.45. The molecule has 3 aromatic rings. The van der Waals surface area contributed by atoms with Gasteiger partial charge in [0.2, 0.25) is 0 Å². The van der Waals surface area contributed by atoms with Crippen molar-refractivity contribution in [1.82, 2.24) is 19.3 Å². The molecule has 2 fully saturated rings. The van der Waals surface area contributed by atoms with Crippen LogP contribution in [0.15, 0.2) is 30.7 Å². The number of aryl methyl sites for hydroxylation is 1. The van der Waals surface area contributed by atoms with Crippen LogP contribution in [0, 0.1) is 12.7 Å². The number of piperazine rings is 1. The van der Waals surface area contributed by atoms with Crippen LogP contribution < -0.4 is 15.1 Å². The summed E-state index contributed by atoms with van der Waals surface area (Å²) in [6.45, 7) is 9.35. The van der Waals surface area contributed by atoms with Crippen molar-refractivity contribution in [2.45, 2.75) is 64.6 Å². The Labute approximate surface area is 220 Å². The molecular formula is C27H32FN7O3. The van der Waals surface area contributed by atoms with Crippen molar-refractivity contribution in [3.8, 4) is 0 Å². The van der Waals surface area contributed by atoms with Crippen LogP contribution in [0.25, 0.3) is 5.65 Å². The molecule has 10 nitrogen and oxygen atoms in total. The third-order valence-electron chi connectivity index (χ3n) is 7.40. The van der Waals surface area contributed by atoms with Gasteiger partial charge < -0.3 is 19.4 Å². The molecule has 2 saturated heterocycles. The van der Waals surface area contributed by atoms with Gasteiger partial charge >= 0.3 is 12.1 Å². The first-order valence-corrected chi connectivity index (χ1v) is 13.0. The first-order valence-electron chi connectivity index (χ1n) is 13.0. The van der Waals surface area contributed by atoms with E-state index in [1.807, 2.05) is 31.7 Å². The van der Waals surface area contributed by atoms with Crippen LogP contribution >= 0.6 is 0 Å². The zero-order valence-electron chi connectivity index (χ0n) is 22.1. The minimum absolute atomic E-state index is 0.0878. The van der Waals surface area contributed by atoms with E-state index in [9.17, 15) is 14.0 Å². The van der Waals surface area contributed by atoms with Crippen LogP contribution in [-0.2, 0) is 11.2 Å². The molecule has 0 spiro atoms. The molecule has 6 heterocycles. The Morgan fingerprint density at radius 2 is 1.89 bits per heavy atom. The second-order valence-electron chi connectivity index (χ2n) is 11.3. The predicted octanol–water partition coefficient (Wildman–Crippen LogP) is 4.36. The average molecular weight is 522 g/mol. The molecule has 0 saturated carbocycles. The molecule has 3 aliphatic rings. The van der Waals surface area contributed by atoms with Crippen LogP contribution in [0.3, 0.4) is 0 Å². The predicted molar refractivity (Wildman–Crippen MR) is 141 cm³/mol. The van der Waals surface area contributed by atoms with Crippen molar-refractivity contribution in [1.29, 1.82) is 0 Å².